The Hall–Kier alpha value is -0.380. The van der Waals surface area contributed by atoms with Gasteiger partial charge < -0.3 is 10.1 Å². The highest BCUT2D eigenvalue weighted by atomic mass is 32.1. The molecule has 19 heavy (non-hydrogen) atoms. The number of ether oxygens (including phenoxy) is 1. The summed E-state index contributed by atoms with van der Waals surface area (Å²) in [6.45, 7) is 0. The monoisotopic (exact) mass is 279 g/mol. The highest BCUT2D eigenvalue weighted by molar-refractivity contribution is 7.10. The lowest BCUT2D eigenvalue weighted by molar-refractivity contribution is 0.106. The van der Waals surface area contributed by atoms with Crippen molar-refractivity contribution in [2.45, 2.75) is 63.1 Å². The number of hydrogen-bond donors (Lipinski definition) is 1. The minimum atomic E-state index is 0.477. The summed E-state index contributed by atoms with van der Waals surface area (Å²) in [5.74, 6) is 0.847. The highest BCUT2D eigenvalue weighted by Crippen LogP contribution is 2.38. The van der Waals surface area contributed by atoms with Gasteiger partial charge in [-0.3, -0.25) is 0 Å². The number of hydrogen-bond acceptors (Lipinski definition) is 3. The van der Waals surface area contributed by atoms with Gasteiger partial charge in [-0.25, -0.2) is 0 Å². The number of thiophene rings is 1. The molecule has 0 aliphatic heterocycles. The fraction of sp³-hybridized carbons (Fsp3) is 0.750. The van der Waals surface area contributed by atoms with Crippen molar-refractivity contribution in [3.05, 3.63) is 22.4 Å². The molecule has 2 nitrogen and oxygen atoms in total. The molecule has 0 aromatic carbocycles. The molecule has 1 heterocycles. The van der Waals surface area contributed by atoms with Crippen molar-refractivity contribution in [1.29, 1.82) is 0 Å². The molecule has 2 saturated carbocycles. The molecule has 3 unspecified atom stereocenters. The third kappa shape index (κ3) is 3.21. The van der Waals surface area contributed by atoms with Gasteiger partial charge in [-0.05, 0) is 49.5 Å². The molecule has 0 saturated heterocycles. The van der Waals surface area contributed by atoms with Crippen LogP contribution in [-0.4, -0.2) is 19.3 Å². The van der Waals surface area contributed by atoms with Crippen LogP contribution < -0.4 is 5.32 Å². The lowest BCUT2D eigenvalue weighted by Crippen LogP contribution is -2.34. The molecule has 3 heteroatoms. The van der Waals surface area contributed by atoms with E-state index in [1.807, 2.05) is 18.4 Å². The van der Waals surface area contributed by atoms with E-state index >= 15 is 0 Å². The number of methoxy groups -OCH3 is 1. The second kappa shape index (κ2) is 6.38. The van der Waals surface area contributed by atoms with Crippen molar-refractivity contribution in [2.75, 3.05) is 7.11 Å². The minimum absolute atomic E-state index is 0.477. The van der Waals surface area contributed by atoms with E-state index in [2.05, 4.69) is 22.8 Å². The predicted molar refractivity (Wildman–Crippen MR) is 80.6 cm³/mol. The summed E-state index contributed by atoms with van der Waals surface area (Å²) in [4.78, 5) is 1.53. The molecule has 106 valence electrons. The molecule has 0 bridgehead atoms. The van der Waals surface area contributed by atoms with Gasteiger partial charge in [0.1, 0.15) is 0 Å². The Balaban J connectivity index is 1.66. The minimum Gasteiger partial charge on any atom is -0.381 e. The Morgan fingerprint density at radius 1 is 1.26 bits per heavy atom. The van der Waals surface area contributed by atoms with E-state index in [0.29, 0.717) is 18.2 Å². The Bertz CT molecular complexity index is 372. The fourth-order valence-electron chi connectivity index (χ4n) is 3.77. The van der Waals surface area contributed by atoms with Gasteiger partial charge in [-0.1, -0.05) is 18.9 Å². The molecule has 0 radical (unpaired) electrons. The maximum Gasteiger partial charge on any atom is 0.0586 e. The Morgan fingerprint density at radius 3 is 2.74 bits per heavy atom. The molecule has 2 aliphatic carbocycles. The van der Waals surface area contributed by atoms with Gasteiger partial charge in [0.25, 0.3) is 0 Å². The van der Waals surface area contributed by atoms with Gasteiger partial charge in [-0.2, -0.15) is 0 Å². The van der Waals surface area contributed by atoms with Gasteiger partial charge in [-0.15, -0.1) is 11.3 Å². The van der Waals surface area contributed by atoms with Gasteiger partial charge in [0.15, 0.2) is 0 Å². The molecule has 2 aliphatic rings. The van der Waals surface area contributed by atoms with Crippen molar-refractivity contribution >= 4 is 11.3 Å². The van der Waals surface area contributed by atoms with Crippen LogP contribution in [-0.2, 0) is 4.74 Å². The quantitative estimate of drug-likeness (QED) is 0.874. The summed E-state index contributed by atoms with van der Waals surface area (Å²) >= 11 is 1.91. The van der Waals surface area contributed by atoms with Gasteiger partial charge in [0.05, 0.1) is 6.10 Å². The third-order valence-corrected chi connectivity index (χ3v) is 5.81. The first-order valence-electron chi connectivity index (χ1n) is 7.69. The largest absolute Gasteiger partial charge is 0.381 e. The van der Waals surface area contributed by atoms with E-state index in [1.54, 1.807) is 0 Å². The van der Waals surface area contributed by atoms with Crippen LogP contribution in [0.25, 0.3) is 0 Å². The smallest absolute Gasteiger partial charge is 0.0586 e. The predicted octanol–water partition coefficient (Wildman–Crippen LogP) is 4.14. The van der Waals surface area contributed by atoms with Crippen LogP contribution in [0.3, 0.4) is 0 Å². The van der Waals surface area contributed by atoms with Crippen LogP contribution in [0.4, 0.5) is 0 Å². The molecule has 3 atom stereocenters. The normalized spacial score (nSPS) is 29.9. The van der Waals surface area contributed by atoms with Crippen LogP contribution in [0.1, 0.15) is 55.9 Å². The molecule has 1 aromatic heterocycles. The second-order valence-electron chi connectivity index (χ2n) is 6.07. The van der Waals surface area contributed by atoms with E-state index in [4.69, 9.17) is 4.74 Å². The molecule has 3 rings (SSSR count). The SMILES string of the molecule is COC1CCC(NC(c2cccs2)C2CCCC2)C1. The van der Waals surface area contributed by atoms with Crippen LogP contribution in [0.15, 0.2) is 17.5 Å². The van der Waals surface area contributed by atoms with Crippen molar-refractivity contribution in [1.82, 2.24) is 5.32 Å². The number of rotatable bonds is 5. The standard InChI is InChI=1S/C16H25NOS/c1-18-14-9-8-13(11-14)17-16(12-5-2-3-6-12)15-7-4-10-19-15/h4,7,10,12-14,16-17H,2-3,5-6,8-9,11H2,1H3. The van der Waals surface area contributed by atoms with Crippen molar-refractivity contribution in [3.63, 3.8) is 0 Å². The summed E-state index contributed by atoms with van der Waals surface area (Å²) in [6, 6.07) is 5.74. The Morgan fingerprint density at radius 2 is 2.11 bits per heavy atom. The van der Waals surface area contributed by atoms with Crippen LogP contribution in [0.2, 0.25) is 0 Å². The zero-order valence-corrected chi connectivity index (χ0v) is 12.6. The molecule has 1 N–H and O–H groups in total. The van der Waals surface area contributed by atoms with Crippen LogP contribution >= 0.6 is 11.3 Å². The first-order valence-corrected chi connectivity index (χ1v) is 8.57. The molecular formula is C16H25NOS. The molecule has 0 spiro atoms. The highest BCUT2D eigenvalue weighted by Gasteiger charge is 2.32. The summed E-state index contributed by atoms with van der Waals surface area (Å²) in [6.07, 6.45) is 9.78. The van der Waals surface area contributed by atoms with E-state index in [-0.39, 0.29) is 0 Å². The summed E-state index contributed by atoms with van der Waals surface area (Å²) in [5, 5.41) is 6.17. The van der Waals surface area contributed by atoms with Crippen molar-refractivity contribution in [3.8, 4) is 0 Å². The first kappa shape index (κ1) is 13.6. The van der Waals surface area contributed by atoms with E-state index in [0.717, 1.165) is 5.92 Å². The number of nitrogens with one attached hydrogen (secondary N) is 1. The molecule has 2 fully saturated rings. The third-order valence-electron chi connectivity index (χ3n) is 4.85. The average Bonchev–Trinajstić information content (AvgIpc) is 3.17. The Kier molecular flexibility index (Phi) is 4.57. The molecule has 0 amide bonds. The van der Waals surface area contributed by atoms with E-state index in [9.17, 15) is 0 Å². The second-order valence-corrected chi connectivity index (χ2v) is 7.05. The van der Waals surface area contributed by atoms with Gasteiger partial charge in [0.2, 0.25) is 0 Å². The fourth-order valence-corrected chi connectivity index (χ4v) is 4.65. The van der Waals surface area contributed by atoms with Crippen molar-refractivity contribution < 1.29 is 4.74 Å². The van der Waals surface area contributed by atoms with Gasteiger partial charge >= 0.3 is 0 Å². The van der Waals surface area contributed by atoms with E-state index in [1.165, 1.54) is 49.8 Å². The zero-order valence-electron chi connectivity index (χ0n) is 11.8. The van der Waals surface area contributed by atoms with Crippen LogP contribution in [0, 0.1) is 5.92 Å². The van der Waals surface area contributed by atoms with E-state index < -0.39 is 0 Å². The first-order chi connectivity index (χ1) is 9.36. The topological polar surface area (TPSA) is 21.3 Å². The maximum absolute atomic E-state index is 5.50. The van der Waals surface area contributed by atoms with Gasteiger partial charge in [0, 0.05) is 24.1 Å². The molecular weight excluding hydrogens is 254 g/mol. The Labute approximate surface area is 120 Å². The average molecular weight is 279 g/mol. The lowest BCUT2D eigenvalue weighted by atomic mass is 9.95. The summed E-state index contributed by atoms with van der Waals surface area (Å²) in [5.41, 5.74) is 0. The lowest BCUT2D eigenvalue weighted by Gasteiger charge is -2.27. The molecule has 1 aromatic rings. The maximum atomic E-state index is 5.50. The summed E-state index contributed by atoms with van der Waals surface area (Å²) in [7, 11) is 1.85. The van der Waals surface area contributed by atoms with Crippen LogP contribution in [0.5, 0.6) is 0 Å². The van der Waals surface area contributed by atoms with Crippen molar-refractivity contribution in [2.24, 2.45) is 5.92 Å². The zero-order chi connectivity index (χ0) is 13.1. The summed E-state index contributed by atoms with van der Waals surface area (Å²) < 4.78 is 5.50.